The van der Waals surface area contributed by atoms with Gasteiger partial charge in [-0.25, -0.2) is 9.67 Å². The third kappa shape index (κ3) is 2.18. The van der Waals surface area contributed by atoms with Crippen molar-refractivity contribution in [3.8, 4) is 0 Å². The molecule has 1 aromatic carbocycles. The van der Waals surface area contributed by atoms with E-state index < -0.39 is 0 Å². The summed E-state index contributed by atoms with van der Waals surface area (Å²) in [5.74, 6) is 0.966. The van der Waals surface area contributed by atoms with Crippen LogP contribution in [0.15, 0.2) is 29.2 Å². The van der Waals surface area contributed by atoms with Gasteiger partial charge >= 0.3 is 0 Å². The van der Waals surface area contributed by atoms with E-state index in [-0.39, 0.29) is 5.56 Å². The summed E-state index contributed by atoms with van der Waals surface area (Å²) in [4.78, 5) is 16.4. The number of fused-ring (bicyclic) bond motifs is 1. The Morgan fingerprint density at radius 3 is 2.71 bits per heavy atom. The lowest BCUT2D eigenvalue weighted by Gasteiger charge is -2.09. The molecule has 0 unspecified atom stereocenters. The minimum absolute atomic E-state index is 0.102. The van der Waals surface area contributed by atoms with Crippen LogP contribution in [0.25, 0.3) is 11.0 Å². The molecular formula is C15H17N5O. The quantitative estimate of drug-likeness (QED) is 0.781. The number of rotatable bonds is 2. The molecule has 21 heavy (non-hydrogen) atoms. The summed E-state index contributed by atoms with van der Waals surface area (Å²) in [6, 6.07) is 5.96. The van der Waals surface area contributed by atoms with Crippen molar-refractivity contribution in [3.63, 3.8) is 0 Å². The third-order valence-corrected chi connectivity index (χ3v) is 3.76. The van der Waals surface area contributed by atoms with Crippen LogP contribution in [-0.4, -0.2) is 19.3 Å². The highest BCUT2D eigenvalue weighted by atomic mass is 16.1. The van der Waals surface area contributed by atoms with E-state index >= 15 is 0 Å². The molecule has 0 aliphatic carbocycles. The van der Waals surface area contributed by atoms with Crippen molar-refractivity contribution in [1.29, 1.82) is 0 Å². The van der Waals surface area contributed by atoms with Gasteiger partial charge in [0.25, 0.3) is 5.56 Å². The normalized spacial score (nSPS) is 11.0. The highest BCUT2D eigenvalue weighted by Gasteiger charge is 2.08. The first-order valence-electron chi connectivity index (χ1n) is 6.70. The Labute approximate surface area is 122 Å². The molecule has 3 aromatic rings. The lowest BCUT2D eigenvalue weighted by molar-refractivity contribution is 0.702. The number of hydrogen-bond acceptors (Lipinski definition) is 4. The smallest absolute Gasteiger partial charge is 0.271 e. The zero-order chi connectivity index (χ0) is 15.1. The highest BCUT2D eigenvalue weighted by molar-refractivity contribution is 5.81. The average Bonchev–Trinajstić information content (AvgIpc) is 2.74. The maximum absolute atomic E-state index is 11.9. The van der Waals surface area contributed by atoms with Crippen LogP contribution in [0.2, 0.25) is 0 Å². The SMILES string of the molecule is Cc1c(Nc2ccc3c(c2)nc(C)n3C)cnn(C)c1=O. The van der Waals surface area contributed by atoms with Crippen LogP contribution in [0.4, 0.5) is 11.4 Å². The van der Waals surface area contributed by atoms with Gasteiger partial charge in [0.15, 0.2) is 0 Å². The summed E-state index contributed by atoms with van der Waals surface area (Å²) >= 11 is 0. The third-order valence-electron chi connectivity index (χ3n) is 3.76. The fourth-order valence-electron chi connectivity index (χ4n) is 2.33. The van der Waals surface area contributed by atoms with Crippen LogP contribution >= 0.6 is 0 Å². The molecule has 0 radical (unpaired) electrons. The Hall–Kier alpha value is -2.63. The van der Waals surface area contributed by atoms with Crippen LogP contribution < -0.4 is 10.9 Å². The molecule has 0 saturated heterocycles. The molecule has 0 amide bonds. The number of benzene rings is 1. The number of hydrogen-bond donors (Lipinski definition) is 1. The number of nitrogens with zero attached hydrogens (tertiary/aromatic N) is 4. The van der Waals surface area contributed by atoms with Gasteiger partial charge in [-0.1, -0.05) is 0 Å². The highest BCUT2D eigenvalue weighted by Crippen LogP contribution is 2.22. The van der Waals surface area contributed by atoms with Crippen LogP contribution in [0.1, 0.15) is 11.4 Å². The van der Waals surface area contributed by atoms with E-state index in [0.717, 1.165) is 22.5 Å². The Kier molecular flexibility index (Phi) is 3.01. The van der Waals surface area contributed by atoms with Crippen LogP contribution in [0, 0.1) is 13.8 Å². The second-order valence-electron chi connectivity index (χ2n) is 5.16. The topological polar surface area (TPSA) is 64.7 Å². The van der Waals surface area contributed by atoms with Gasteiger partial charge in [-0.15, -0.1) is 0 Å². The molecule has 2 aromatic heterocycles. The van der Waals surface area contributed by atoms with Gasteiger partial charge in [-0.3, -0.25) is 4.79 Å². The largest absolute Gasteiger partial charge is 0.354 e. The Balaban J connectivity index is 2.02. The van der Waals surface area contributed by atoms with Crippen molar-refractivity contribution in [2.75, 3.05) is 5.32 Å². The summed E-state index contributed by atoms with van der Waals surface area (Å²) in [5.41, 5.74) is 4.15. The second kappa shape index (κ2) is 4.73. The number of aromatic nitrogens is 4. The zero-order valence-corrected chi connectivity index (χ0v) is 12.5. The molecule has 0 aliphatic heterocycles. The van der Waals surface area contributed by atoms with Crippen molar-refractivity contribution in [2.45, 2.75) is 13.8 Å². The van der Waals surface area contributed by atoms with Crippen LogP contribution in [0.3, 0.4) is 0 Å². The summed E-state index contributed by atoms with van der Waals surface area (Å²) in [6.07, 6.45) is 1.66. The minimum atomic E-state index is -0.102. The molecule has 0 saturated carbocycles. The number of aryl methyl sites for hydroxylation is 3. The zero-order valence-electron chi connectivity index (χ0n) is 12.5. The first kappa shape index (κ1) is 13.4. The molecule has 0 spiro atoms. The molecule has 2 heterocycles. The van der Waals surface area contributed by atoms with E-state index in [0.29, 0.717) is 11.3 Å². The molecule has 6 heteroatoms. The van der Waals surface area contributed by atoms with E-state index in [1.807, 2.05) is 36.7 Å². The summed E-state index contributed by atoms with van der Waals surface area (Å²) in [6.45, 7) is 3.76. The predicted octanol–water partition coefficient (Wildman–Crippen LogP) is 2.03. The van der Waals surface area contributed by atoms with Crippen molar-refractivity contribution < 1.29 is 0 Å². The Bertz CT molecular complexity index is 891. The molecule has 3 rings (SSSR count). The van der Waals surface area contributed by atoms with Gasteiger partial charge in [0.1, 0.15) is 5.82 Å². The van der Waals surface area contributed by atoms with Gasteiger partial charge < -0.3 is 9.88 Å². The lowest BCUT2D eigenvalue weighted by Crippen LogP contribution is -2.22. The van der Waals surface area contributed by atoms with Crippen molar-refractivity contribution >= 4 is 22.4 Å². The predicted molar refractivity (Wildman–Crippen MR) is 82.9 cm³/mol. The first-order chi connectivity index (χ1) is 9.97. The molecule has 6 nitrogen and oxygen atoms in total. The summed E-state index contributed by atoms with van der Waals surface area (Å²) < 4.78 is 3.37. The number of nitrogens with one attached hydrogen (secondary N) is 1. The van der Waals surface area contributed by atoms with Gasteiger partial charge in [0, 0.05) is 25.3 Å². The Morgan fingerprint density at radius 1 is 1.19 bits per heavy atom. The van der Waals surface area contributed by atoms with E-state index in [9.17, 15) is 4.79 Å². The minimum Gasteiger partial charge on any atom is -0.354 e. The standard InChI is InChI=1S/C15H17N5O/c1-9-13(8-16-20(4)15(9)21)18-11-5-6-14-12(7-11)17-10(2)19(14)3/h5-8,18H,1-4H3. The van der Waals surface area contributed by atoms with E-state index in [1.54, 1.807) is 20.2 Å². The molecule has 0 bridgehead atoms. The first-order valence-corrected chi connectivity index (χ1v) is 6.70. The molecule has 1 N–H and O–H groups in total. The molecule has 0 aliphatic rings. The summed E-state index contributed by atoms with van der Waals surface area (Å²) in [5, 5.41) is 7.27. The van der Waals surface area contributed by atoms with E-state index in [4.69, 9.17) is 0 Å². The summed E-state index contributed by atoms with van der Waals surface area (Å²) in [7, 11) is 3.63. The van der Waals surface area contributed by atoms with Crippen molar-refractivity contribution in [3.05, 3.63) is 46.1 Å². The number of anilines is 2. The van der Waals surface area contributed by atoms with Crippen LogP contribution in [0.5, 0.6) is 0 Å². The van der Waals surface area contributed by atoms with Crippen molar-refractivity contribution in [1.82, 2.24) is 19.3 Å². The fraction of sp³-hybridized carbons (Fsp3) is 0.267. The fourth-order valence-corrected chi connectivity index (χ4v) is 2.33. The van der Waals surface area contributed by atoms with Crippen molar-refractivity contribution in [2.24, 2.45) is 14.1 Å². The van der Waals surface area contributed by atoms with Gasteiger partial charge in [0.2, 0.25) is 0 Å². The maximum atomic E-state index is 11.9. The Morgan fingerprint density at radius 2 is 1.95 bits per heavy atom. The van der Waals surface area contributed by atoms with Gasteiger partial charge in [-0.2, -0.15) is 5.10 Å². The van der Waals surface area contributed by atoms with E-state index in [1.165, 1.54) is 4.68 Å². The average molecular weight is 283 g/mol. The monoisotopic (exact) mass is 283 g/mol. The number of imidazole rings is 1. The molecule has 0 atom stereocenters. The lowest BCUT2D eigenvalue weighted by atomic mass is 10.2. The van der Waals surface area contributed by atoms with Gasteiger partial charge in [-0.05, 0) is 32.0 Å². The van der Waals surface area contributed by atoms with E-state index in [2.05, 4.69) is 15.4 Å². The molecular weight excluding hydrogens is 266 g/mol. The van der Waals surface area contributed by atoms with Gasteiger partial charge in [0.05, 0.1) is 22.9 Å². The second-order valence-corrected chi connectivity index (χ2v) is 5.16. The maximum Gasteiger partial charge on any atom is 0.271 e. The molecule has 0 fully saturated rings. The van der Waals surface area contributed by atoms with Crippen LogP contribution in [-0.2, 0) is 14.1 Å². The molecule has 108 valence electrons.